The van der Waals surface area contributed by atoms with Crippen molar-refractivity contribution in [2.24, 2.45) is 5.73 Å². The monoisotopic (exact) mass is 271 g/mol. The zero-order valence-corrected chi connectivity index (χ0v) is 12.0. The second-order valence-electron chi connectivity index (χ2n) is 4.47. The molecule has 4 heteroatoms. The molecule has 2 N–H and O–H groups in total. The summed E-state index contributed by atoms with van der Waals surface area (Å²) in [6.07, 6.45) is 1.63. The third-order valence-corrected chi connectivity index (χ3v) is 3.15. The van der Waals surface area contributed by atoms with E-state index in [0.29, 0.717) is 11.6 Å². The van der Waals surface area contributed by atoms with E-state index >= 15 is 0 Å². The van der Waals surface area contributed by atoms with Crippen molar-refractivity contribution in [2.75, 3.05) is 13.7 Å². The third kappa shape index (κ3) is 4.48. The van der Waals surface area contributed by atoms with E-state index in [-0.39, 0.29) is 12.1 Å². The summed E-state index contributed by atoms with van der Waals surface area (Å²) in [5.74, 6) is 0.802. The van der Waals surface area contributed by atoms with Crippen molar-refractivity contribution in [3.8, 4) is 5.75 Å². The van der Waals surface area contributed by atoms with E-state index in [9.17, 15) is 0 Å². The van der Waals surface area contributed by atoms with Crippen molar-refractivity contribution in [1.82, 2.24) is 0 Å². The summed E-state index contributed by atoms with van der Waals surface area (Å²) in [7, 11) is 1.66. The van der Waals surface area contributed by atoms with Crippen LogP contribution in [0.3, 0.4) is 0 Å². The van der Waals surface area contributed by atoms with Crippen molar-refractivity contribution in [2.45, 2.75) is 38.8 Å². The summed E-state index contributed by atoms with van der Waals surface area (Å²) in [6, 6.07) is 5.78. The first-order valence-corrected chi connectivity index (χ1v) is 6.64. The molecule has 0 amide bonds. The van der Waals surface area contributed by atoms with E-state index in [0.717, 1.165) is 24.2 Å². The van der Waals surface area contributed by atoms with Gasteiger partial charge in [-0.3, -0.25) is 0 Å². The summed E-state index contributed by atoms with van der Waals surface area (Å²) in [5.41, 5.74) is 6.98. The van der Waals surface area contributed by atoms with Crippen LogP contribution in [-0.2, 0) is 11.2 Å². The predicted octanol–water partition coefficient (Wildman–Crippen LogP) is 3.03. The van der Waals surface area contributed by atoms with E-state index in [1.807, 2.05) is 25.1 Å². The zero-order valence-electron chi connectivity index (χ0n) is 11.3. The average molecular weight is 272 g/mol. The first kappa shape index (κ1) is 15.3. The molecule has 2 unspecified atom stereocenters. The summed E-state index contributed by atoms with van der Waals surface area (Å²) in [6.45, 7) is 4.58. The van der Waals surface area contributed by atoms with E-state index < -0.39 is 0 Å². The van der Waals surface area contributed by atoms with Gasteiger partial charge in [-0.05, 0) is 31.9 Å². The molecule has 0 radical (unpaired) electrons. The molecular formula is C14H22ClNO2. The van der Waals surface area contributed by atoms with Crippen LogP contribution in [-0.4, -0.2) is 25.9 Å². The lowest BCUT2D eigenvalue weighted by molar-refractivity contribution is 0.0913. The molecule has 0 aromatic heterocycles. The number of benzene rings is 1. The van der Waals surface area contributed by atoms with E-state index in [1.54, 1.807) is 7.11 Å². The van der Waals surface area contributed by atoms with Crippen molar-refractivity contribution in [3.05, 3.63) is 28.8 Å². The highest BCUT2D eigenvalue weighted by Gasteiger charge is 2.13. The Morgan fingerprint density at radius 2 is 2.11 bits per heavy atom. The molecule has 0 heterocycles. The Kier molecular flexibility index (Phi) is 6.47. The maximum absolute atomic E-state index is 6.22. The Morgan fingerprint density at radius 3 is 2.72 bits per heavy atom. The summed E-state index contributed by atoms with van der Waals surface area (Å²) >= 11 is 6.22. The molecular weight excluding hydrogens is 250 g/mol. The third-order valence-electron chi connectivity index (χ3n) is 2.80. The molecule has 1 aromatic carbocycles. The van der Waals surface area contributed by atoms with Gasteiger partial charge in [-0.2, -0.15) is 0 Å². The molecule has 2 atom stereocenters. The first-order valence-electron chi connectivity index (χ1n) is 6.27. The number of hydrogen-bond acceptors (Lipinski definition) is 3. The van der Waals surface area contributed by atoms with E-state index in [2.05, 4.69) is 6.92 Å². The van der Waals surface area contributed by atoms with Crippen LogP contribution < -0.4 is 10.5 Å². The van der Waals surface area contributed by atoms with Crippen LogP contribution in [0.2, 0.25) is 5.02 Å². The first-order chi connectivity index (χ1) is 8.58. The molecule has 0 saturated heterocycles. The molecule has 0 spiro atoms. The fourth-order valence-corrected chi connectivity index (χ4v) is 1.98. The second-order valence-corrected chi connectivity index (χ2v) is 4.88. The minimum absolute atomic E-state index is 0.00920. The molecule has 0 saturated carbocycles. The van der Waals surface area contributed by atoms with Crippen LogP contribution in [0.1, 0.15) is 25.8 Å². The topological polar surface area (TPSA) is 44.5 Å². The predicted molar refractivity (Wildman–Crippen MR) is 75.4 cm³/mol. The van der Waals surface area contributed by atoms with Crippen LogP contribution in [0.25, 0.3) is 0 Å². The largest absolute Gasteiger partial charge is 0.488 e. The molecule has 0 fully saturated rings. The fourth-order valence-electron chi connectivity index (χ4n) is 1.74. The van der Waals surface area contributed by atoms with Crippen molar-refractivity contribution in [1.29, 1.82) is 0 Å². The molecule has 0 aliphatic heterocycles. The number of ether oxygens (including phenoxy) is 2. The molecule has 1 rings (SSSR count). The van der Waals surface area contributed by atoms with E-state index in [4.69, 9.17) is 26.8 Å². The highest BCUT2D eigenvalue weighted by molar-refractivity contribution is 6.31. The van der Waals surface area contributed by atoms with Gasteiger partial charge in [0.05, 0.1) is 6.61 Å². The zero-order chi connectivity index (χ0) is 13.5. The van der Waals surface area contributed by atoms with E-state index in [1.165, 1.54) is 0 Å². The maximum atomic E-state index is 6.22. The molecule has 3 nitrogen and oxygen atoms in total. The van der Waals surface area contributed by atoms with Gasteiger partial charge in [0.25, 0.3) is 0 Å². The van der Waals surface area contributed by atoms with Gasteiger partial charge in [-0.25, -0.2) is 0 Å². The molecule has 102 valence electrons. The average Bonchev–Trinajstić information content (AvgIpc) is 2.33. The SMILES string of the molecule is CCC(N)Cc1c(Cl)cccc1OC(C)COC. The molecule has 0 aliphatic rings. The van der Waals surface area contributed by atoms with Gasteiger partial charge in [0.1, 0.15) is 11.9 Å². The molecule has 18 heavy (non-hydrogen) atoms. The lowest BCUT2D eigenvalue weighted by Crippen LogP contribution is -2.23. The van der Waals surface area contributed by atoms with Gasteiger partial charge >= 0.3 is 0 Å². The molecule has 0 bridgehead atoms. The quantitative estimate of drug-likeness (QED) is 0.829. The van der Waals surface area contributed by atoms with Crippen LogP contribution in [0.5, 0.6) is 5.75 Å². The lowest BCUT2D eigenvalue weighted by atomic mass is 10.0. The highest BCUT2D eigenvalue weighted by atomic mass is 35.5. The molecule has 1 aromatic rings. The van der Waals surface area contributed by atoms with Crippen LogP contribution in [0.15, 0.2) is 18.2 Å². The number of methoxy groups -OCH3 is 1. The summed E-state index contributed by atoms with van der Waals surface area (Å²) in [5, 5.41) is 0.709. The minimum Gasteiger partial charge on any atom is -0.488 e. The van der Waals surface area contributed by atoms with Crippen LogP contribution in [0, 0.1) is 0 Å². The van der Waals surface area contributed by atoms with Gasteiger partial charge in [-0.1, -0.05) is 24.6 Å². The standard InChI is InChI=1S/C14H22ClNO2/c1-4-11(16)8-12-13(15)6-5-7-14(12)18-10(2)9-17-3/h5-7,10-11H,4,8-9,16H2,1-3H3. The van der Waals surface area contributed by atoms with Crippen molar-refractivity contribution < 1.29 is 9.47 Å². The van der Waals surface area contributed by atoms with Gasteiger partial charge in [0.15, 0.2) is 0 Å². The van der Waals surface area contributed by atoms with Crippen LogP contribution >= 0.6 is 11.6 Å². The molecule has 0 aliphatic carbocycles. The maximum Gasteiger partial charge on any atom is 0.124 e. The number of rotatable bonds is 7. The number of nitrogens with two attached hydrogens (primary N) is 1. The Labute approximate surface area is 114 Å². The normalized spacial score (nSPS) is 14.3. The van der Waals surface area contributed by atoms with Crippen molar-refractivity contribution in [3.63, 3.8) is 0 Å². The Balaban J connectivity index is 2.86. The Bertz CT molecular complexity index is 371. The second kappa shape index (κ2) is 7.62. The van der Waals surface area contributed by atoms with Gasteiger partial charge < -0.3 is 15.2 Å². The Morgan fingerprint density at radius 1 is 1.39 bits per heavy atom. The van der Waals surface area contributed by atoms with Gasteiger partial charge in [0.2, 0.25) is 0 Å². The van der Waals surface area contributed by atoms with Crippen LogP contribution in [0.4, 0.5) is 0 Å². The lowest BCUT2D eigenvalue weighted by Gasteiger charge is -2.19. The fraction of sp³-hybridized carbons (Fsp3) is 0.571. The Hall–Kier alpha value is -0.770. The smallest absolute Gasteiger partial charge is 0.124 e. The number of hydrogen-bond donors (Lipinski definition) is 1. The van der Waals surface area contributed by atoms with Gasteiger partial charge in [0, 0.05) is 23.7 Å². The highest BCUT2D eigenvalue weighted by Crippen LogP contribution is 2.28. The number of halogens is 1. The summed E-state index contributed by atoms with van der Waals surface area (Å²) in [4.78, 5) is 0. The summed E-state index contributed by atoms with van der Waals surface area (Å²) < 4.78 is 10.9. The van der Waals surface area contributed by atoms with Crippen molar-refractivity contribution >= 4 is 11.6 Å². The van der Waals surface area contributed by atoms with Gasteiger partial charge in [-0.15, -0.1) is 0 Å². The minimum atomic E-state index is -0.00920.